The van der Waals surface area contributed by atoms with E-state index in [1.54, 1.807) is 11.8 Å². The Labute approximate surface area is 81.0 Å². The van der Waals surface area contributed by atoms with Crippen molar-refractivity contribution in [2.45, 2.75) is 18.8 Å². The molecule has 0 spiro atoms. The third kappa shape index (κ3) is 1.58. The molecule has 13 heavy (non-hydrogen) atoms. The van der Waals surface area contributed by atoms with Crippen molar-refractivity contribution in [3.63, 3.8) is 0 Å². The minimum atomic E-state index is -0.497. The molecule has 0 radical (unpaired) electrons. The number of halogens is 1. The molecule has 0 bridgehead atoms. The fraction of sp³-hybridized carbons (Fsp3) is 0.400. The molecule has 1 aliphatic heterocycles. The first-order chi connectivity index (χ1) is 6.18. The molecule has 1 aromatic rings. The summed E-state index contributed by atoms with van der Waals surface area (Å²) in [6.45, 7) is 1.89. The molecular formula is C10H11FOS. The Bertz CT molecular complexity index is 338. The molecule has 0 saturated heterocycles. The van der Waals surface area contributed by atoms with Gasteiger partial charge in [0.2, 0.25) is 0 Å². The van der Waals surface area contributed by atoms with Crippen LogP contribution < -0.4 is 0 Å². The summed E-state index contributed by atoms with van der Waals surface area (Å²) in [7, 11) is 0. The molecule has 1 atom stereocenters. The summed E-state index contributed by atoms with van der Waals surface area (Å²) in [5.41, 5.74) is 2.82. The number of fused-ring (bicyclic) bond motifs is 1. The predicted molar refractivity (Wildman–Crippen MR) is 52.3 cm³/mol. The monoisotopic (exact) mass is 198 g/mol. The van der Waals surface area contributed by atoms with E-state index in [-0.39, 0.29) is 5.82 Å². The van der Waals surface area contributed by atoms with Crippen LogP contribution in [0.5, 0.6) is 0 Å². The van der Waals surface area contributed by atoms with E-state index in [9.17, 15) is 9.50 Å². The second kappa shape index (κ2) is 3.31. The number of hydrogen-bond acceptors (Lipinski definition) is 2. The summed E-state index contributed by atoms with van der Waals surface area (Å²) in [5, 5.41) is 9.62. The zero-order valence-corrected chi connectivity index (χ0v) is 8.20. The van der Waals surface area contributed by atoms with Crippen LogP contribution in [0.2, 0.25) is 0 Å². The minimum Gasteiger partial charge on any atom is -0.388 e. The van der Waals surface area contributed by atoms with Crippen molar-refractivity contribution in [1.82, 2.24) is 0 Å². The highest BCUT2D eigenvalue weighted by Gasteiger charge is 2.20. The van der Waals surface area contributed by atoms with Gasteiger partial charge < -0.3 is 5.11 Å². The van der Waals surface area contributed by atoms with Gasteiger partial charge in [-0.3, -0.25) is 0 Å². The normalized spacial score (nSPS) is 21.3. The lowest BCUT2D eigenvalue weighted by Crippen LogP contribution is -2.11. The van der Waals surface area contributed by atoms with Crippen LogP contribution in [0.4, 0.5) is 4.39 Å². The molecule has 1 unspecified atom stereocenters. The van der Waals surface area contributed by atoms with Gasteiger partial charge in [-0.25, -0.2) is 4.39 Å². The highest BCUT2D eigenvalue weighted by molar-refractivity contribution is 7.98. The van der Waals surface area contributed by atoms with Crippen molar-refractivity contribution >= 4 is 11.8 Å². The lowest BCUT2D eigenvalue weighted by atomic mass is 9.99. The summed E-state index contributed by atoms with van der Waals surface area (Å²) >= 11 is 1.69. The molecule has 1 heterocycles. The fourth-order valence-electron chi connectivity index (χ4n) is 1.66. The number of benzene rings is 1. The topological polar surface area (TPSA) is 20.2 Å². The van der Waals surface area contributed by atoms with Crippen molar-refractivity contribution < 1.29 is 9.50 Å². The molecule has 0 fully saturated rings. The van der Waals surface area contributed by atoms with E-state index >= 15 is 0 Å². The second-order valence-electron chi connectivity index (χ2n) is 3.32. The average molecular weight is 198 g/mol. The van der Waals surface area contributed by atoms with Crippen LogP contribution in [0.15, 0.2) is 12.1 Å². The van der Waals surface area contributed by atoms with E-state index in [1.165, 1.54) is 12.1 Å². The van der Waals surface area contributed by atoms with Crippen LogP contribution in [-0.4, -0.2) is 10.9 Å². The van der Waals surface area contributed by atoms with E-state index in [0.717, 1.165) is 22.4 Å². The van der Waals surface area contributed by atoms with Crippen LogP contribution in [0.25, 0.3) is 0 Å². The molecule has 3 heteroatoms. The Morgan fingerprint density at radius 2 is 2.31 bits per heavy atom. The molecule has 0 amide bonds. The van der Waals surface area contributed by atoms with Crippen molar-refractivity contribution in [3.8, 4) is 0 Å². The first-order valence-electron chi connectivity index (χ1n) is 4.23. The standard InChI is InChI=1S/C10H11FOS/c1-6-2-7(11)3-8-9(6)4-13-5-10(8)12/h2-3,10,12H,4-5H2,1H3. The van der Waals surface area contributed by atoms with Crippen LogP contribution >= 0.6 is 11.8 Å². The Morgan fingerprint density at radius 1 is 1.54 bits per heavy atom. The summed E-state index contributed by atoms with van der Waals surface area (Å²) < 4.78 is 13.0. The maximum Gasteiger partial charge on any atom is 0.123 e. The summed E-state index contributed by atoms with van der Waals surface area (Å²) in [4.78, 5) is 0. The SMILES string of the molecule is Cc1cc(F)cc2c1CSCC2O. The van der Waals surface area contributed by atoms with Gasteiger partial charge >= 0.3 is 0 Å². The minimum absolute atomic E-state index is 0.248. The molecule has 1 N–H and O–H groups in total. The number of hydrogen-bond donors (Lipinski definition) is 1. The Balaban J connectivity index is 2.56. The number of aliphatic hydroxyl groups excluding tert-OH is 1. The van der Waals surface area contributed by atoms with Crippen molar-refractivity contribution in [2.75, 3.05) is 5.75 Å². The largest absolute Gasteiger partial charge is 0.388 e. The predicted octanol–water partition coefficient (Wildman–Crippen LogP) is 2.41. The van der Waals surface area contributed by atoms with Crippen molar-refractivity contribution in [1.29, 1.82) is 0 Å². The van der Waals surface area contributed by atoms with Gasteiger partial charge in [0.15, 0.2) is 0 Å². The lowest BCUT2D eigenvalue weighted by Gasteiger charge is -2.22. The highest BCUT2D eigenvalue weighted by atomic mass is 32.2. The molecule has 1 aliphatic rings. The van der Waals surface area contributed by atoms with Gasteiger partial charge in [-0.15, -0.1) is 0 Å². The third-order valence-corrected chi connectivity index (χ3v) is 3.40. The summed E-state index contributed by atoms with van der Waals surface area (Å²) in [6.07, 6.45) is -0.497. The van der Waals surface area contributed by atoms with Gasteiger partial charge in [-0.1, -0.05) is 0 Å². The maximum atomic E-state index is 13.0. The van der Waals surface area contributed by atoms with E-state index in [0.29, 0.717) is 5.75 Å². The number of rotatable bonds is 0. The summed E-state index contributed by atoms with van der Waals surface area (Å²) in [6, 6.07) is 2.98. The molecule has 1 aromatic carbocycles. The van der Waals surface area contributed by atoms with Crippen LogP contribution in [0, 0.1) is 12.7 Å². The second-order valence-corrected chi connectivity index (χ2v) is 4.35. The third-order valence-electron chi connectivity index (χ3n) is 2.35. The van der Waals surface area contributed by atoms with Crippen molar-refractivity contribution in [2.24, 2.45) is 0 Å². The number of thioether (sulfide) groups is 1. The smallest absolute Gasteiger partial charge is 0.123 e. The summed E-state index contributed by atoms with van der Waals surface area (Å²) in [5.74, 6) is 1.32. The quantitative estimate of drug-likeness (QED) is 0.690. The van der Waals surface area contributed by atoms with Crippen molar-refractivity contribution in [3.05, 3.63) is 34.6 Å². The van der Waals surface area contributed by atoms with Crippen LogP contribution in [0.1, 0.15) is 22.8 Å². The number of aryl methyl sites for hydroxylation is 1. The first kappa shape index (κ1) is 9.03. The zero-order chi connectivity index (χ0) is 9.42. The van der Waals surface area contributed by atoms with E-state index < -0.39 is 6.10 Å². The molecule has 0 aliphatic carbocycles. The Morgan fingerprint density at radius 3 is 3.08 bits per heavy atom. The van der Waals surface area contributed by atoms with Gasteiger partial charge in [-0.2, -0.15) is 11.8 Å². The molecule has 0 saturated carbocycles. The Hall–Kier alpha value is -0.540. The Kier molecular flexibility index (Phi) is 2.30. The van der Waals surface area contributed by atoms with Gasteiger partial charge in [0.1, 0.15) is 5.82 Å². The lowest BCUT2D eigenvalue weighted by molar-refractivity contribution is 0.201. The number of aliphatic hydroxyl groups is 1. The van der Waals surface area contributed by atoms with E-state index in [2.05, 4.69) is 0 Å². The maximum absolute atomic E-state index is 13.0. The van der Waals surface area contributed by atoms with Crippen LogP contribution in [-0.2, 0) is 5.75 Å². The van der Waals surface area contributed by atoms with Gasteiger partial charge in [0.25, 0.3) is 0 Å². The molecule has 70 valence electrons. The fourth-order valence-corrected chi connectivity index (χ4v) is 2.77. The highest BCUT2D eigenvalue weighted by Crippen LogP contribution is 2.33. The molecule has 1 nitrogen and oxygen atoms in total. The van der Waals surface area contributed by atoms with Crippen LogP contribution in [0.3, 0.4) is 0 Å². The molecule has 0 aromatic heterocycles. The molecule has 2 rings (SSSR count). The van der Waals surface area contributed by atoms with Gasteiger partial charge in [-0.05, 0) is 35.7 Å². The van der Waals surface area contributed by atoms with Gasteiger partial charge in [0, 0.05) is 11.5 Å². The first-order valence-corrected chi connectivity index (χ1v) is 5.38. The van der Waals surface area contributed by atoms with E-state index in [4.69, 9.17) is 0 Å². The van der Waals surface area contributed by atoms with E-state index in [1.807, 2.05) is 6.92 Å². The average Bonchev–Trinajstić information content (AvgIpc) is 2.07. The van der Waals surface area contributed by atoms with Gasteiger partial charge in [0.05, 0.1) is 6.10 Å². The molecular weight excluding hydrogens is 187 g/mol. The zero-order valence-electron chi connectivity index (χ0n) is 7.38.